The molecule has 5 heteroatoms. The minimum Gasteiger partial charge on any atom is -0.444 e. The SMILES string of the molecule is CC(C)(C)OC(=O)NC1CCCC(NCc2ccccc2)C1O. The van der Waals surface area contributed by atoms with Crippen molar-refractivity contribution in [1.82, 2.24) is 10.6 Å². The molecule has 5 nitrogen and oxygen atoms in total. The molecule has 1 saturated carbocycles. The smallest absolute Gasteiger partial charge is 0.407 e. The quantitative estimate of drug-likeness (QED) is 0.797. The average Bonchev–Trinajstić information content (AvgIpc) is 2.47. The molecule has 3 unspecified atom stereocenters. The van der Waals surface area contributed by atoms with Crippen LogP contribution in [0.2, 0.25) is 0 Å². The van der Waals surface area contributed by atoms with Crippen LogP contribution in [0, 0.1) is 0 Å². The zero-order chi connectivity index (χ0) is 16.9. The Morgan fingerprint density at radius 3 is 2.52 bits per heavy atom. The Balaban J connectivity index is 1.85. The Hall–Kier alpha value is -1.59. The van der Waals surface area contributed by atoms with Crippen LogP contribution >= 0.6 is 0 Å². The van der Waals surface area contributed by atoms with Crippen LogP contribution in [0.4, 0.5) is 4.79 Å². The first-order chi connectivity index (χ1) is 10.8. The zero-order valence-corrected chi connectivity index (χ0v) is 14.2. The topological polar surface area (TPSA) is 70.6 Å². The third kappa shape index (κ3) is 5.84. The van der Waals surface area contributed by atoms with Crippen molar-refractivity contribution in [3.05, 3.63) is 35.9 Å². The van der Waals surface area contributed by atoms with Crippen LogP contribution in [0.15, 0.2) is 30.3 Å². The van der Waals surface area contributed by atoms with Crippen LogP contribution in [0.25, 0.3) is 0 Å². The van der Waals surface area contributed by atoms with Gasteiger partial charge in [-0.05, 0) is 45.6 Å². The van der Waals surface area contributed by atoms with E-state index in [1.807, 2.05) is 39.0 Å². The highest BCUT2D eigenvalue weighted by atomic mass is 16.6. The standard InChI is InChI=1S/C18H28N2O3/c1-18(2,3)23-17(22)20-15-11-7-10-14(16(15)21)19-12-13-8-5-4-6-9-13/h4-6,8-9,14-16,19,21H,7,10-12H2,1-3H3,(H,20,22). The molecule has 1 amide bonds. The van der Waals surface area contributed by atoms with E-state index in [1.165, 1.54) is 5.56 Å². The Morgan fingerprint density at radius 1 is 1.22 bits per heavy atom. The number of aliphatic hydroxyl groups is 1. The summed E-state index contributed by atoms with van der Waals surface area (Å²) in [4.78, 5) is 11.9. The zero-order valence-electron chi connectivity index (χ0n) is 14.2. The molecule has 0 saturated heterocycles. The molecule has 1 aromatic carbocycles. The molecule has 2 rings (SSSR count). The monoisotopic (exact) mass is 320 g/mol. The fourth-order valence-electron chi connectivity index (χ4n) is 2.86. The lowest BCUT2D eigenvalue weighted by molar-refractivity contribution is 0.0270. The summed E-state index contributed by atoms with van der Waals surface area (Å²) in [5.74, 6) is 0. The van der Waals surface area contributed by atoms with Gasteiger partial charge in [0.25, 0.3) is 0 Å². The summed E-state index contributed by atoms with van der Waals surface area (Å²) < 4.78 is 5.27. The van der Waals surface area contributed by atoms with Gasteiger partial charge in [0.2, 0.25) is 0 Å². The number of rotatable bonds is 4. The minimum atomic E-state index is -0.611. The fraction of sp³-hybridized carbons (Fsp3) is 0.611. The van der Waals surface area contributed by atoms with Gasteiger partial charge >= 0.3 is 6.09 Å². The number of hydrogen-bond donors (Lipinski definition) is 3. The van der Waals surface area contributed by atoms with E-state index < -0.39 is 17.8 Å². The van der Waals surface area contributed by atoms with Crippen molar-refractivity contribution in [2.45, 2.75) is 70.4 Å². The maximum Gasteiger partial charge on any atom is 0.407 e. The molecule has 0 heterocycles. The van der Waals surface area contributed by atoms with E-state index in [0.717, 1.165) is 19.3 Å². The fourth-order valence-corrected chi connectivity index (χ4v) is 2.86. The Kier molecular flexibility index (Phi) is 6.02. The van der Waals surface area contributed by atoms with E-state index in [4.69, 9.17) is 4.74 Å². The highest BCUT2D eigenvalue weighted by molar-refractivity contribution is 5.68. The maximum absolute atomic E-state index is 11.9. The third-order valence-corrected chi connectivity index (χ3v) is 3.97. The lowest BCUT2D eigenvalue weighted by Crippen LogP contribution is -2.55. The van der Waals surface area contributed by atoms with Gasteiger partial charge in [0, 0.05) is 12.6 Å². The third-order valence-electron chi connectivity index (χ3n) is 3.97. The minimum absolute atomic E-state index is 0.0242. The highest BCUT2D eigenvalue weighted by Gasteiger charge is 2.33. The molecule has 0 bridgehead atoms. The lowest BCUT2D eigenvalue weighted by atomic mass is 9.88. The number of nitrogens with one attached hydrogen (secondary N) is 2. The molecule has 0 spiro atoms. The summed E-state index contributed by atoms with van der Waals surface area (Å²) in [6, 6.07) is 9.80. The first-order valence-corrected chi connectivity index (χ1v) is 8.30. The predicted molar refractivity (Wildman–Crippen MR) is 90.1 cm³/mol. The summed E-state index contributed by atoms with van der Waals surface area (Å²) in [7, 11) is 0. The van der Waals surface area contributed by atoms with E-state index in [1.54, 1.807) is 0 Å². The molecule has 3 N–H and O–H groups in total. The van der Waals surface area contributed by atoms with Gasteiger partial charge in [-0.1, -0.05) is 30.3 Å². The summed E-state index contributed by atoms with van der Waals surface area (Å²) in [5, 5.41) is 16.7. The van der Waals surface area contributed by atoms with E-state index in [-0.39, 0.29) is 12.1 Å². The number of carbonyl (C=O) groups excluding carboxylic acids is 1. The summed E-state index contributed by atoms with van der Waals surface area (Å²) in [6.45, 7) is 6.19. The van der Waals surface area contributed by atoms with E-state index in [0.29, 0.717) is 6.54 Å². The van der Waals surface area contributed by atoms with Crippen molar-refractivity contribution < 1.29 is 14.6 Å². The molecule has 1 fully saturated rings. The second kappa shape index (κ2) is 7.79. The van der Waals surface area contributed by atoms with Gasteiger partial charge in [-0.15, -0.1) is 0 Å². The Labute approximate surface area is 138 Å². The molecule has 3 atom stereocenters. The van der Waals surface area contributed by atoms with Crippen molar-refractivity contribution in [3.8, 4) is 0 Å². The number of aliphatic hydroxyl groups excluding tert-OH is 1. The maximum atomic E-state index is 11.9. The molecule has 1 aromatic rings. The molecular weight excluding hydrogens is 292 g/mol. The molecule has 1 aliphatic rings. The van der Waals surface area contributed by atoms with Gasteiger partial charge < -0.3 is 20.5 Å². The largest absolute Gasteiger partial charge is 0.444 e. The van der Waals surface area contributed by atoms with Crippen LogP contribution in [-0.2, 0) is 11.3 Å². The van der Waals surface area contributed by atoms with Crippen LogP contribution in [0.3, 0.4) is 0 Å². The summed E-state index contributed by atoms with van der Waals surface area (Å²) in [6.07, 6.45) is 1.55. The first-order valence-electron chi connectivity index (χ1n) is 8.30. The van der Waals surface area contributed by atoms with Gasteiger partial charge in [0.05, 0.1) is 12.1 Å². The van der Waals surface area contributed by atoms with Gasteiger partial charge in [-0.25, -0.2) is 4.79 Å². The molecule has 0 radical (unpaired) electrons. The van der Waals surface area contributed by atoms with Gasteiger partial charge in [-0.3, -0.25) is 0 Å². The normalized spacial score (nSPS) is 25.0. The number of carbonyl (C=O) groups is 1. The molecule has 0 aliphatic heterocycles. The second-order valence-corrected chi connectivity index (χ2v) is 7.15. The second-order valence-electron chi connectivity index (χ2n) is 7.15. The molecule has 128 valence electrons. The van der Waals surface area contributed by atoms with Gasteiger partial charge in [0.1, 0.15) is 5.60 Å². The summed E-state index contributed by atoms with van der Waals surface area (Å²) in [5.41, 5.74) is 0.649. The average molecular weight is 320 g/mol. The number of ether oxygens (including phenoxy) is 1. The highest BCUT2D eigenvalue weighted by Crippen LogP contribution is 2.20. The number of amides is 1. The molecule has 23 heavy (non-hydrogen) atoms. The van der Waals surface area contributed by atoms with Gasteiger partial charge in [0.15, 0.2) is 0 Å². The van der Waals surface area contributed by atoms with Crippen LogP contribution < -0.4 is 10.6 Å². The lowest BCUT2D eigenvalue weighted by Gasteiger charge is -2.36. The number of benzene rings is 1. The predicted octanol–water partition coefficient (Wildman–Crippen LogP) is 2.58. The van der Waals surface area contributed by atoms with Crippen molar-refractivity contribution in [2.24, 2.45) is 0 Å². The van der Waals surface area contributed by atoms with Crippen LogP contribution in [0.1, 0.15) is 45.6 Å². The van der Waals surface area contributed by atoms with Crippen LogP contribution in [-0.4, -0.2) is 35.0 Å². The van der Waals surface area contributed by atoms with Crippen molar-refractivity contribution >= 4 is 6.09 Å². The van der Waals surface area contributed by atoms with Crippen molar-refractivity contribution in [2.75, 3.05) is 0 Å². The first kappa shape index (κ1) is 17.8. The number of hydrogen-bond acceptors (Lipinski definition) is 4. The van der Waals surface area contributed by atoms with Crippen LogP contribution in [0.5, 0.6) is 0 Å². The molecular formula is C18H28N2O3. The number of alkyl carbamates (subject to hydrolysis) is 1. The van der Waals surface area contributed by atoms with Crippen molar-refractivity contribution in [1.29, 1.82) is 0 Å². The Bertz CT molecular complexity index is 499. The Morgan fingerprint density at radius 2 is 1.87 bits per heavy atom. The summed E-state index contributed by atoms with van der Waals surface area (Å²) >= 11 is 0. The molecule has 1 aliphatic carbocycles. The van der Waals surface area contributed by atoms with E-state index >= 15 is 0 Å². The van der Waals surface area contributed by atoms with Crippen molar-refractivity contribution in [3.63, 3.8) is 0 Å². The van der Waals surface area contributed by atoms with Gasteiger partial charge in [-0.2, -0.15) is 0 Å². The van der Waals surface area contributed by atoms with E-state index in [2.05, 4.69) is 22.8 Å². The molecule has 0 aromatic heterocycles. The van der Waals surface area contributed by atoms with E-state index in [9.17, 15) is 9.90 Å².